The van der Waals surface area contributed by atoms with Gasteiger partial charge in [-0.3, -0.25) is 13.7 Å². The van der Waals surface area contributed by atoms with Gasteiger partial charge in [0.25, 0.3) is 0 Å². The third-order valence-electron chi connectivity index (χ3n) is 28.6. The Balaban J connectivity index is 0.000000108. The minimum atomic E-state index is 0.654. The monoisotopic (exact) mass is 1850 g/mol. The fraction of sp³-hybridized carbons (Fsp3) is 0. The summed E-state index contributed by atoms with van der Waals surface area (Å²) >= 11 is 0. The van der Waals surface area contributed by atoms with Crippen molar-refractivity contribution in [2.45, 2.75) is 0 Å². The fourth-order valence-electron chi connectivity index (χ4n) is 21.4. The van der Waals surface area contributed by atoms with E-state index in [1.807, 2.05) is 12.1 Å². The molecule has 6 aromatic heterocycles. The zero-order chi connectivity index (χ0) is 95.8. The Hall–Kier alpha value is -19.5. The van der Waals surface area contributed by atoms with E-state index in [2.05, 4.69) is 529 Å². The number of hydrogen-bond acceptors (Lipinski definition) is 6. The largest absolute Gasteiger partial charge is 0.278 e. The van der Waals surface area contributed by atoms with E-state index in [4.69, 9.17) is 29.9 Å². The lowest BCUT2D eigenvalue weighted by molar-refractivity contribution is 1.01. The molecule has 9 nitrogen and oxygen atoms in total. The molecule has 0 aliphatic carbocycles. The van der Waals surface area contributed by atoms with Crippen LogP contribution in [-0.2, 0) is 0 Å². The third-order valence-corrected chi connectivity index (χ3v) is 28.6. The molecular weight excluding hydrogens is 1760 g/mol. The number of fused-ring (bicyclic) bond motifs is 16. The number of hydrogen-bond donors (Lipinski definition) is 0. The summed E-state index contributed by atoms with van der Waals surface area (Å²) in [5.74, 6) is 1.98. The summed E-state index contributed by atoms with van der Waals surface area (Å²) in [4.78, 5) is 32.2. The van der Waals surface area contributed by atoms with Gasteiger partial charge < -0.3 is 0 Å². The van der Waals surface area contributed by atoms with Gasteiger partial charge in [-0.15, -0.1) is 0 Å². The van der Waals surface area contributed by atoms with Crippen LogP contribution in [0.25, 0.3) is 271 Å². The van der Waals surface area contributed by atoms with Gasteiger partial charge in [0.1, 0.15) is 0 Å². The van der Waals surface area contributed by atoms with E-state index in [9.17, 15) is 0 Å². The minimum Gasteiger partial charge on any atom is -0.278 e. The van der Waals surface area contributed by atoms with Crippen LogP contribution in [0, 0.1) is 0 Å². The molecule has 145 heavy (non-hydrogen) atoms. The normalized spacial score (nSPS) is 11.6. The van der Waals surface area contributed by atoms with Crippen molar-refractivity contribution in [1.82, 2.24) is 43.6 Å². The highest BCUT2D eigenvalue weighted by molar-refractivity contribution is 6.17. The molecule has 0 spiro atoms. The summed E-state index contributed by atoms with van der Waals surface area (Å²) in [6.45, 7) is 0. The smallest absolute Gasteiger partial charge is 0.235 e. The lowest BCUT2D eigenvalue weighted by Crippen LogP contribution is -2.04. The summed E-state index contributed by atoms with van der Waals surface area (Å²) in [5, 5.41) is 19.8. The summed E-state index contributed by atoms with van der Waals surface area (Å²) < 4.78 is 6.70. The van der Waals surface area contributed by atoms with E-state index in [-0.39, 0.29) is 0 Å². The van der Waals surface area contributed by atoms with Gasteiger partial charge in [0.15, 0.2) is 0 Å². The van der Waals surface area contributed by atoms with Gasteiger partial charge in [0.05, 0.1) is 66.7 Å². The van der Waals surface area contributed by atoms with Crippen molar-refractivity contribution in [3.63, 3.8) is 0 Å². The highest BCUT2D eigenvalue weighted by Gasteiger charge is 2.26. The maximum Gasteiger partial charge on any atom is 0.235 e. The van der Waals surface area contributed by atoms with Crippen LogP contribution in [-0.4, -0.2) is 43.6 Å². The van der Waals surface area contributed by atoms with Crippen molar-refractivity contribution in [3.05, 3.63) is 528 Å². The zero-order valence-electron chi connectivity index (χ0n) is 78.8. The molecule has 676 valence electrons. The van der Waals surface area contributed by atoms with Crippen molar-refractivity contribution in [1.29, 1.82) is 0 Å². The van der Waals surface area contributed by atoms with Gasteiger partial charge >= 0.3 is 0 Å². The topological polar surface area (TPSA) is 92.1 Å². The predicted molar refractivity (Wildman–Crippen MR) is 606 cm³/mol. The summed E-state index contributed by atoms with van der Waals surface area (Å²) in [6.07, 6.45) is 0. The Morgan fingerprint density at radius 3 is 0.724 bits per heavy atom. The number of benzene rings is 23. The first-order valence-electron chi connectivity index (χ1n) is 49.2. The molecule has 0 bridgehead atoms. The zero-order valence-corrected chi connectivity index (χ0v) is 78.8. The number of nitrogens with zero attached hydrogens (tertiary/aromatic N) is 9. The highest BCUT2D eigenvalue weighted by atomic mass is 15.2. The van der Waals surface area contributed by atoms with Gasteiger partial charge in [-0.05, 0) is 218 Å². The highest BCUT2D eigenvalue weighted by Crippen LogP contribution is 2.46. The Morgan fingerprint density at radius 1 is 0.117 bits per heavy atom. The fourth-order valence-corrected chi connectivity index (χ4v) is 21.4. The van der Waals surface area contributed by atoms with Gasteiger partial charge in [-0.1, -0.05) is 431 Å². The Kier molecular flexibility index (Phi) is 21.1. The molecule has 0 saturated carbocycles. The molecule has 0 saturated heterocycles. The first-order valence-corrected chi connectivity index (χ1v) is 49.2. The molecule has 6 heterocycles. The molecule has 0 unspecified atom stereocenters. The second kappa shape index (κ2) is 36.1. The van der Waals surface area contributed by atoms with Crippen molar-refractivity contribution in [2.75, 3.05) is 0 Å². The molecule has 0 radical (unpaired) electrons. The van der Waals surface area contributed by atoms with Crippen LogP contribution in [0.3, 0.4) is 0 Å². The van der Waals surface area contributed by atoms with E-state index < -0.39 is 0 Å². The van der Waals surface area contributed by atoms with Crippen LogP contribution in [0.5, 0.6) is 0 Å². The molecule has 29 rings (SSSR count). The number of rotatable bonds is 13. The van der Waals surface area contributed by atoms with Crippen molar-refractivity contribution < 1.29 is 0 Å². The lowest BCUT2D eigenvalue weighted by atomic mass is 9.91. The van der Waals surface area contributed by atoms with Crippen molar-refractivity contribution in [2.24, 2.45) is 0 Å². The van der Waals surface area contributed by atoms with Gasteiger partial charge in [-0.2, -0.15) is 0 Å². The molecule has 0 amide bonds. The van der Waals surface area contributed by atoms with Crippen LogP contribution in [0.4, 0.5) is 0 Å². The third kappa shape index (κ3) is 15.6. The minimum absolute atomic E-state index is 0.654. The van der Waals surface area contributed by atoms with Crippen LogP contribution < -0.4 is 0 Å². The van der Waals surface area contributed by atoms with Crippen LogP contribution in [0.1, 0.15) is 0 Å². The van der Waals surface area contributed by atoms with Crippen molar-refractivity contribution in [3.8, 4) is 130 Å². The first kappa shape index (κ1) is 84.8. The number of para-hydroxylation sites is 3. The van der Waals surface area contributed by atoms with Gasteiger partial charge in [0.2, 0.25) is 17.8 Å². The van der Waals surface area contributed by atoms with Crippen LogP contribution in [0.2, 0.25) is 0 Å². The molecule has 23 aromatic carbocycles. The quantitative estimate of drug-likeness (QED) is 0.114. The molecule has 0 fully saturated rings. The molecular formula is C136H87N9. The first-order chi connectivity index (χ1) is 71.8. The second-order valence-corrected chi connectivity index (χ2v) is 37.2. The molecule has 0 aliphatic heterocycles. The number of aromatic nitrogens is 9. The van der Waals surface area contributed by atoms with Crippen molar-refractivity contribution >= 4 is 141 Å². The van der Waals surface area contributed by atoms with Gasteiger partial charge in [0, 0.05) is 65.2 Å². The molecule has 9 heteroatoms. The van der Waals surface area contributed by atoms with E-state index in [0.29, 0.717) is 17.8 Å². The average molecular weight is 1850 g/mol. The maximum atomic E-state index is 5.44. The Morgan fingerprint density at radius 2 is 0.359 bits per heavy atom. The summed E-state index contributed by atoms with van der Waals surface area (Å²) in [6, 6.07) is 187. The maximum absolute atomic E-state index is 5.44. The summed E-state index contributed by atoms with van der Waals surface area (Å²) in [7, 11) is 0. The Labute approximate surface area is 836 Å². The standard InChI is InChI=1S/C48H31N3.C46H29N3.C42H27N3/c1-4-14-32(15-5-1)33-24-26-35(27-25-33)40-30-43-44(31-41(40)34-16-6-2-7-17-34)49-48(50-47(43)36-18-8-3-9-19-36)51-45-23-13-12-22-39(45)42-28-37-20-10-11-21-38(37)29-46(42)51;1-2-10-30(11-3-1)32-18-20-33(21-19-32)37-24-25-40-42(28-37)47-46(48-45(40)38-23-22-31-12-4-5-13-34(31)26-38)49-43-17-9-8-16-39(43)41-27-35-14-6-7-15-36(35)29-44(41)49;1-3-11-28(12-4-1)29-19-21-30(22-20-29)34-23-24-36-38(26-34)43-42(44-41(36)31-13-5-2-6-14-31)45-39-18-10-9-17-35(39)37-25-32-15-7-8-16-33(32)27-40(37)45/h1-31H;1-29H;1-27H. The molecule has 0 N–H and O–H groups in total. The predicted octanol–water partition coefficient (Wildman–Crippen LogP) is 35.5. The van der Waals surface area contributed by atoms with Crippen LogP contribution in [0.15, 0.2) is 528 Å². The molecule has 29 aromatic rings. The van der Waals surface area contributed by atoms with E-state index in [1.54, 1.807) is 0 Å². The molecule has 0 aliphatic rings. The van der Waals surface area contributed by atoms with Gasteiger partial charge in [-0.25, -0.2) is 29.9 Å². The second-order valence-electron chi connectivity index (χ2n) is 37.2. The van der Waals surface area contributed by atoms with E-state index in [1.165, 1.54) is 109 Å². The SMILES string of the molecule is c1ccc(-c2ccc(-c3cc4c(-c5ccccc5)nc(-n5c6ccccc6c6cc7ccccc7cc65)nc4cc3-c3ccccc3)cc2)cc1.c1ccc(-c2ccc(-c3ccc4c(-c5ccc6ccccc6c5)nc(-n5c6ccccc6c6cc7ccccc7cc65)nc4c3)cc2)cc1.c1ccc(-c2ccc(-c3ccc4c(-c5ccccc5)nc(-n5c6ccccc6c6cc7ccccc7cc65)nc4c3)cc2)cc1. The summed E-state index contributed by atoms with van der Waals surface area (Å²) in [5.41, 5.74) is 31.5. The molecule has 0 atom stereocenters. The average Bonchev–Trinajstić information content (AvgIpc) is 1.59. The Bertz CT molecular complexity index is 10100. The van der Waals surface area contributed by atoms with Crippen LogP contribution >= 0.6 is 0 Å². The van der Waals surface area contributed by atoms with E-state index >= 15 is 0 Å². The lowest BCUT2D eigenvalue weighted by Gasteiger charge is -2.16. The van der Waals surface area contributed by atoms with E-state index in [0.717, 1.165) is 144 Å².